The number of hydrogen-bond acceptors (Lipinski definition) is 7. The second kappa shape index (κ2) is 8.40. The Labute approximate surface area is 171 Å². The van der Waals surface area contributed by atoms with Crippen molar-refractivity contribution in [3.05, 3.63) is 71.0 Å². The van der Waals surface area contributed by atoms with Crippen LogP contribution in [-0.4, -0.2) is 42.4 Å². The molecule has 0 bridgehead atoms. The van der Waals surface area contributed by atoms with Gasteiger partial charge in [-0.3, -0.25) is 4.79 Å². The number of benzene rings is 1. The minimum atomic E-state index is -0.770. The van der Waals surface area contributed by atoms with Gasteiger partial charge in [0, 0.05) is 11.4 Å². The molecule has 0 aliphatic carbocycles. The molecule has 0 N–H and O–H groups in total. The molecule has 9 heteroatoms. The van der Waals surface area contributed by atoms with Crippen molar-refractivity contribution in [3.63, 3.8) is 0 Å². The highest BCUT2D eigenvalue weighted by atomic mass is 35.5. The molecule has 1 amide bonds. The van der Waals surface area contributed by atoms with E-state index in [1.165, 1.54) is 17.5 Å². The number of carbonyl (C=O) groups excluding carboxylic acids is 2. The highest BCUT2D eigenvalue weighted by Crippen LogP contribution is 2.33. The molecule has 1 aromatic heterocycles. The zero-order valence-corrected chi connectivity index (χ0v) is 16.0. The van der Waals surface area contributed by atoms with E-state index in [0.29, 0.717) is 29.5 Å². The van der Waals surface area contributed by atoms with Gasteiger partial charge in [0.15, 0.2) is 6.61 Å². The maximum atomic E-state index is 12.8. The predicted octanol–water partition coefficient (Wildman–Crippen LogP) is 3.04. The first kappa shape index (κ1) is 19.1. The Kier molecular flexibility index (Phi) is 5.53. The molecule has 150 valence electrons. The van der Waals surface area contributed by atoms with Crippen LogP contribution in [0.4, 0.5) is 0 Å². The fourth-order valence-electron chi connectivity index (χ4n) is 3.00. The minimum Gasteiger partial charge on any atom is -0.493 e. The van der Waals surface area contributed by atoms with Crippen molar-refractivity contribution < 1.29 is 28.2 Å². The summed E-state index contributed by atoms with van der Waals surface area (Å²) in [5.41, 5.74) is 1.55. The number of hydrazone groups is 1. The molecule has 0 saturated heterocycles. The van der Waals surface area contributed by atoms with Crippen LogP contribution in [-0.2, 0) is 23.8 Å². The quantitative estimate of drug-likeness (QED) is 0.696. The summed E-state index contributed by atoms with van der Waals surface area (Å²) in [5.74, 6) is -0.739. The van der Waals surface area contributed by atoms with Gasteiger partial charge < -0.3 is 18.6 Å². The number of ether oxygens (including phenoxy) is 3. The Morgan fingerprint density at radius 1 is 1.21 bits per heavy atom. The average molecular weight is 417 g/mol. The molecule has 4 rings (SSSR count). The van der Waals surface area contributed by atoms with E-state index in [9.17, 15) is 9.59 Å². The Balaban J connectivity index is 1.49. The summed E-state index contributed by atoms with van der Waals surface area (Å²) in [4.78, 5) is 24.8. The van der Waals surface area contributed by atoms with Crippen LogP contribution in [0.15, 0.2) is 64.2 Å². The lowest BCUT2D eigenvalue weighted by atomic mass is 10.0. The normalized spacial score (nSPS) is 18.4. The zero-order chi connectivity index (χ0) is 20.2. The summed E-state index contributed by atoms with van der Waals surface area (Å²) in [6.07, 6.45) is 3.16. The number of rotatable bonds is 5. The standard InChI is InChI=1S/C20H17ClN2O6/c21-14-5-3-13(4-6-14)15-10-16(17-2-1-7-27-17)23(22-15)19(24)12-29-20(25)18-11-26-8-9-28-18/h1-7,11,16H,8-10,12H2/t16-/m1/s1. The van der Waals surface area contributed by atoms with E-state index in [4.69, 9.17) is 30.2 Å². The molecule has 3 heterocycles. The van der Waals surface area contributed by atoms with Crippen LogP contribution in [0.25, 0.3) is 0 Å². The van der Waals surface area contributed by atoms with E-state index in [-0.39, 0.29) is 12.4 Å². The Bertz CT molecular complexity index is 952. The van der Waals surface area contributed by atoms with E-state index in [1.54, 1.807) is 24.3 Å². The Hall–Kier alpha value is -3.26. The molecule has 0 unspecified atom stereocenters. The van der Waals surface area contributed by atoms with Crippen molar-refractivity contribution in [3.8, 4) is 0 Å². The minimum absolute atomic E-state index is 0.0709. The number of hydrogen-bond donors (Lipinski definition) is 0. The third-order valence-corrected chi connectivity index (χ3v) is 4.64. The zero-order valence-electron chi connectivity index (χ0n) is 15.2. The number of furan rings is 1. The van der Waals surface area contributed by atoms with Crippen LogP contribution in [0.2, 0.25) is 5.02 Å². The molecule has 1 aromatic carbocycles. The molecular formula is C20H17ClN2O6. The van der Waals surface area contributed by atoms with Crippen molar-refractivity contribution in [2.45, 2.75) is 12.5 Å². The molecular weight excluding hydrogens is 400 g/mol. The van der Waals surface area contributed by atoms with Crippen LogP contribution in [0.3, 0.4) is 0 Å². The smallest absolute Gasteiger partial charge is 0.377 e. The second-order valence-electron chi connectivity index (χ2n) is 6.30. The van der Waals surface area contributed by atoms with E-state index in [2.05, 4.69) is 5.10 Å². The summed E-state index contributed by atoms with van der Waals surface area (Å²) in [6.45, 7) is 0.112. The molecule has 29 heavy (non-hydrogen) atoms. The SMILES string of the molecule is O=C(OCC(=O)N1N=C(c2ccc(Cl)cc2)C[C@@H]1c1ccco1)C1=COCCO1. The van der Waals surface area contributed by atoms with Gasteiger partial charge >= 0.3 is 5.97 Å². The fourth-order valence-corrected chi connectivity index (χ4v) is 3.13. The van der Waals surface area contributed by atoms with E-state index >= 15 is 0 Å². The van der Waals surface area contributed by atoms with Gasteiger partial charge in [-0.1, -0.05) is 23.7 Å². The molecule has 2 aromatic rings. The highest BCUT2D eigenvalue weighted by molar-refractivity contribution is 6.30. The molecule has 2 aliphatic rings. The number of halogens is 1. The third-order valence-electron chi connectivity index (χ3n) is 4.39. The summed E-state index contributed by atoms with van der Waals surface area (Å²) in [6, 6.07) is 10.3. The number of nitrogens with zero attached hydrogens (tertiary/aromatic N) is 2. The lowest BCUT2D eigenvalue weighted by molar-refractivity contribution is -0.153. The average Bonchev–Trinajstić information content (AvgIpc) is 3.43. The van der Waals surface area contributed by atoms with Crippen LogP contribution in [0.5, 0.6) is 0 Å². The monoisotopic (exact) mass is 416 g/mol. The van der Waals surface area contributed by atoms with Crippen molar-refractivity contribution in [2.24, 2.45) is 5.10 Å². The molecule has 1 atom stereocenters. The largest absolute Gasteiger partial charge is 0.493 e. The van der Waals surface area contributed by atoms with E-state index in [1.807, 2.05) is 12.1 Å². The number of esters is 1. The van der Waals surface area contributed by atoms with Crippen molar-refractivity contribution >= 4 is 29.2 Å². The van der Waals surface area contributed by atoms with E-state index in [0.717, 1.165) is 5.56 Å². The fraction of sp³-hybridized carbons (Fsp3) is 0.250. The third kappa shape index (κ3) is 4.27. The lowest BCUT2D eigenvalue weighted by Gasteiger charge is -2.20. The van der Waals surface area contributed by atoms with Crippen LogP contribution >= 0.6 is 11.6 Å². The van der Waals surface area contributed by atoms with Gasteiger partial charge in [-0.25, -0.2) is 9.80 Å². The molecule has 0 saturated carbocycles. The van der Waals surface area contributed by atoms with Gasteiger partial charge in [-0.2, -0.15) is 5.10 Å². The maximum absolute atomic E-state index is 12.8. The lowest BCUT2D eigenvalue weighted by Crippen LogP contribution is -2.31. The van der Waals surface area contributed by atoms with Gasteiger partial charge in [0.2, 0.25) is 5.76 Å². The number of amides is 1. The molecule has 0 radical (unpaired) electrons. The number of carbonyl (C=O) groups is 2. The predicted molar refractivity (Wildman–Crippen MR) is 102 cm³/mol. The van der Waals surface area contributed by atoms with Crippen LogP contribution < -0.4 is 0 Å². The Morgan fingerprint density at radius 2 is 2.03 bits per heavy atom. The first-order valence-electron chi connectivity index (χ1n) is 8.92. The highest BCUT2D eigenvalue weighted by Gasteiger charge is 2.35. The van der Waals surface area contributed by atoms with Crippen molar-refractivity contribution in [2.75, 3.05) is 19.8 Å². The summed E-state index contributed by atoms with van der Waals surface area (Å²) in [7, 11) is 0. The van der Waals surface area contributed by atoms with Crippen LogP contribution in [0.1, 0.15) is 23.8 Å². The second-order valence-corrected chi connectivity index (χ2v) is 6.74. The van der Waals surface area contributed by atoms with Crippen molar-refractivity contribution in [1.82, 2.24) is 5.01 Å². The maximum Gasteiger partial charge on any atom is 0.377 e. The van der Waals surface area contributed by atoms with Crippen molar-refractivity contribution in [1.29, 1.82) is 0 Å². The van der Waals surface area contributed by atoms with Crippen LogP contribution in [0, 0.1) is 0 Å². The molecule has 0 spiro atoms. The summed E-state index contributed by atoms with van der Waals surface area (Å²) < 4.78 is 20.7. The van der Waals surface area contributed by atoms with Gasteiger partial charge in [0.25, 0.3) is 5.91 Å². The summed E-state index contributed by atoms with van der Waals surface area (Å²) in [5, 5.41) is 6.34. The topological polar surface area (TPSA) is 90.6 Å². The van der Waals surface area contributed by atoms with E-state index < -0.39 is 24.5 Å². The first-order chi connectivity index (χ1) is 14.1. The summed E-state index contributed by atoms with van der Waals surface area (Å²) >= 11 is 5.95. The van der Waals surface area contributed by atoms with Gasteiger partial charge in [0.1, 0.15) is 31.3 Å². The first-order valence-corrected chi connectivity index (χ1v) is 9.30. The van der Waals surface area contributed by atoms with Gasteiger partial charge in [0.05, 0.1) is 12.0 Å². The molecule has 0 fully saturated rings. The van der Waals surface area contributed by atoms with Gasteiger partial charge in [-0.05, 0) is 29.8 Å². The van der Waals surface area contributed by atoms with Gasteiger partial charge in [-0.15, -0.1) is 0 Å². The molecule has 2 aliphatic heterocycles. The molecule has 8 nitrogen and oxygen atoms in total. The Morgan fingerprint density at radius 3 is 2.72 bits per heavy atom.